The third kappa shape index (κ3) is 10.9. The van der Waals surface area contributed by atoms with Gasteiger partial charge in [-0.1, -0.05) is 29.8 Å². The number of halogens is 5. The number of ether oxygens (including phenoxy) is 1. The van der Waals surface area contributed by atoms with Gasteiger partial charge in [0.2, 0.25) is 0 Å². The van der Waals surface area contributed by atoms with E-state index in [1.165, 1.54) is 0 Å². The van der Waals surface area contributed by atoms with Crippen molar-refractivity contribution in [3.63, 3.8) is 0 Å². The average molecular weight is 480 g/mol. The van der Waals surface area contributed by atoms with Crippen molar-refractivity contribution in [3.8, 4) is 0 Å². The van der Waals surface area contributed by atoms with Gasteiger partial charge in [-0.3, -0.25) is 4.99 Å². The third-order valence-electron chi connectivity index (χ3n) is 2.89. The van der Waals surface area contributed by atoms with Crippen LogP contribution >= 0.6 is 35.6 Å². The van der Waals surface area contributed by atoms with Crippen LogP contribution in [0.15, 0.2) is 29.3 Å². The predicted octanol–water partition coefficient (Wildman–Crippen LogP) is 3.63. The Morgan fingerprint density at radius 3 is 2.50 bits per heavy atom. The molecule has 1 aromatic carbocycles. The number of hydrogen-bond acceptors (Lipinski definition) is 2. The molecule has 2 N–H and O–H groups in total. The number of nitrogens with one attached hydrogen (secondary N) is 2. The van der Waals surface area contributed by atoms with E-state index in [9.17, 15) is 13.2 Å². The highest BCUT2D eigenvalue weighted by molar-refractivity contribution is 14.0. The molecule has 9 heteroatoms. The highest BCUT2D eigenvalue weighted by Crippen LogP contribution is 2.15. The van der Waals surface area contributed by atoms with Crippen LogP contribution in [0.4, 0.5) is 13.2 Å². The molecule has 0 unspecified atom stereocenters. The molecular formula is C15H22ClF3IN3O. The van der Waals surface area contributed by atoms with Crippen molar-refractivity contribution < 1.29 is 17.9 Å². The molecule has 0 heterocycles. The molecule has 0 aliphatic heterocycles. The molecule has 4 nitrogen and oxygen atoms in total. The van der Waals surface area contributed by atoms with Crippen LogP contribution in [0, 0.1) is 0 Å². The van der Waals surface area contributed by atoms with Gasteiger partial charge in [0, 0.05) is 31.8 Å². The summed E-state index contributed by atoms with van der Waals surface area (Å²) in [6, 6.07) is 7.60. The van der Waals surface area contributed by atoms with Crippen LogP contribution < -0.4 is 10.6 Å². The van der Waals surface area contributed by atoms with Crippen molar-refractivity contribution in [1.82, 2.24) is 10.6 Å². The summed E-state index contributed by atoms with van der Waals surface area (Å²) in [6.07, 6.45) is -3.07. The summed E-state index contributed by atoms with van der Waals surface area (Å²) in [6.45, 7) is -0.0431. The van der Waals surface area contributed by atoms with Crippen LogP contribution in [0.1, 0.15) is 12.0 Å². The maximum atomic E-state index is 11.9. The number of guanidine groups is 1. The molecule has 0 bridgehead atoms. The van der Waals surface area contributed by atoms with Crippen LogP contribution in [0.5, 0.6) is 0 Å². The Kier molecular flexibility index (Phi) is 12.2. The van der Waals surface area contributed by atoms with Gasteiger partial charge in [0.05, 0.1) is 0 Å². The van der Waals surface area contributed by atoms with E-state index in [0.29, 0.717) is 25.5 Å². The lowest BCUT2D eigenvalue weighted by Gasteiger charge is -2.12. The molecule has 0 spiro atoms. The van der Waals surface area contributed by atoms with Gasteiger partial charge in [-0.25, -0.2) is 0 Å². The Balaban J connectivity index is 0.00000529. The Hall–Kier alpha value is -0.740. The normalized spacial score (nSPS) is 11.8. The Labute approximate surface area is 162 Å². The first-order valence-electron chi connectivity index (χ1n) is 7.25. The fraction of sp³-hybridized carbons (Fsp3) is 0.533. The molecular weight excluding hydrogens is 458 g/mol. The van der Waals surface area contributed by atoms with E-state index >= 15 is 0 Å². The van der Waals surface area contributed by atoms with Gasteiger partial charge >= 0.3 is 6.18 Å². The molecule has 0 radical (unpaired) electrons. The Morgan fingerprint density at radius 1 is 1.21 bits per heavy atom. The zero-order chi connectivity index (χ0) is 17.1. The zero-order valence-corrected chi connectivity index (χ0v) is 16.4. The Bertz CT molecular complexity index is 501. The highest BCUT2D eigenvalue weighted by Gasteiger charge is 2.27. The first kappa shape index (κ1) is 23.3. The number of hydrogen-bond donors (Lipinski definition) is 2. The SMILES string of the molecule is CN=C(NCCCOCC(F)(F)F)NCCc1ccccc1Cl.I. The number of benzene rings is 1. The van der Waals surface area contributed by atoms with E-state index in [4.69, 9.17) is 11.6 Å². The molecule has 0 saturated carbocycles. The molecule has 24 heavy (non-hydrogen) atoms. The van der Waals surface area contributed by atoms with Crippen molar-refractivity contribution in [3.05, 3.63) is 34.9 Å². The minimum atomic E-state index is -4.27. The van der Waals surface area contributed by atoms with Gasteiger partial charge in [-0.15, -0.1) is 24.0 Å². The van der Waals surface area contributed by atoms with E-state index < -0.39 is 12.8 Å². The van der Waals surface area contributed by atoms with Crippen LogP contribution in [0.3, 0.4) is 0 Å². The van der Waals surface area contributed by atoms with Gasteiger partial charge < -0.3 is 15.4 Å². The number of aliphatic imine (C=N–C) groups is 1. The van der Waals surface area contributed by atoms with E-state index in [1.807, 2.05) is 24.3 Å². The summed E-state index contributed by atoms with van der Waals surface area (Å²) >= 11 is 6.07. The lowest BCUT2D eigenvalue weighted by atomic mass is 10.1. The first-order valence-corrected chi connectivity index (χ1v) is 7.62. The lowest BCUT2D eigenvalue weighted by molar-refractivity contribution is -0.173. The highest BCUT2D eigenvalue weighted by atomic mass is 127. The minimum absolute atomic E-state index is 0. The third-order valence-corrected chi connectivity index (χ3v) is 3.26. The maximum Gasteiger partial charge on any atom is 0.411 e. The van der Waals surface area contributed by atoms with Crippen molar-refractivity contribution in [2.24, 2.45) is 4.99 Å². The van der Waals surface area contributed by atoms with Crippen LogP contribution in [-0.2, 0) is 11.2 Å². The summed E-state index contributed by atoms with van der Waals surface area (Å²) < 4.78 is 40.2. The molecule has 1 rings (SSSR count). The minimum Gasteiger partial charge on any atom is -0.372 e. The second-order valence-corrected chi connectivity index (χ2v) is 5.20. The fourth-order valence-corrected chi connectivity index (χ4v) is 2.04. The fourth-order valence-electron chi connectivity index (χ4n) is 1.81. The van der Waals surface area contributed by atoms with E-state index in [-0.39, 0.29) is 30.6 Å². The zero-order valence-electron chi connectivity index (χ0n) is 13.3. The Morgan fingerprint density at radius 2 is 1.88 bits per heavy atom. The van der Waals surface area contributed by atoms with E-state index in [2.05, 4.69) is 20.4 Å². The maximum absolute atomic E-state index is 11.9. The first-order chi connectivity index (χ1) is 10.9. The topological polar surface area (TPSA) is 45.7 Å². The van der Waals surface area contributed by atoms with E-state index in [1.54, 1.807) is 7.05 Å². The van der Waals surface area contributed by atoms with Crippen molar-refractivity contribution in [1.29, 1.82) is 0 Å². The quantitative estimate of drug-likeness (QED) is 0.259. The molecule has 0 aliphatic carbocycles. The van der Waals surface area contributed by atoms with Crippen LogP contribution in [0.2, 0.25) is 5.02 Å². The van der Waals surface area contributed by atoms with Gasteiger partial charge in [0.15, 0.2) is 5.96 Å². The molecule has 0 saturated heterocycles. The molecule has 0 amide bonds. The number of alkyl halides is 3. The number of rotatable bonds is 8. The molecule has 0 aliphatic rings. The summed E-state index contributed by atoms with van der Waals surface area (Å²) in [5, 5.41) is 6.85. The molecule has 0 aromatic heterocycles. The predicted molar refractivity (Wildman–Crippen MR) is 101 cm³/mol. The van der Waals surface area contributed by atoms with Gasteiger partial charge in [0.25, 0.3) is 0 Å². The molecule has 0 atom stereocenters. The summed E-state index contributed by atoms with van der Waals surface area (Å²) in [7, 11) is 1.63. The lowest BCUT2D eigenvalue weighted by Crippen LogP contribution is -2.39. The summed E-state index contributed by atoms with van der Waals surface area (Å²) in [5.41, 5.74) is 1.04. The van der Waals surface area contributed by atoms with Gasteiger partial charge in [-0.2, -0.15) is 13.2 Å². The second kappa shape index (κ2) is 12.6. The number of nitrogens with zero attached hydrogens (tertiary/aromatic N) is 1. The van der Waals surface area contributed by atoms with Gasteiger partial charge in [-0.05, 0) is 24.5 Å². The summed E-state index contributed by atoms with van der Waals surface area (Å²) in [5.74, 6) is 0.591. The second-order valence-electron chi connectivity index (χ2n) is 4.79. The molecule has 0 fully saturated rings. The summed E-state index contributed by atoms with van der Waals surface area (Å²) in [4.78, 5) is 4.04. The molecule has 1 aromatic rings. The van der Waals surface area contributed by atoms with Crippen molar-refractivity contribution in [2.45, 2.75) is 19.0 Å². The molecule has 138 valence electrons. The van der Waals surface area contributed by atoms with Gasteiger partial charge in [0.1, 0.15) is 6.61 Å². The largest absolute Gasteiger partial charge is 0.411 e. The van der Waals surface area contributed by atoms with Crippen LogP contribution in [-0.4, -0.2) is 45.5 Å². The monoisotopic (exact) mass is 479 g/mol. The smallest absolute Gasteiger partial charge is 0.372 e. The van der Waals surface area contributed by atoms with Crippen molar-refractivity contribution in [2.75, 3.05) is 33.4 Å². The average Bonchev–Trinajstić information content (AvgIpc) is 2.49. The van der Waals surface area contributed by atoms with E-state index in [0.717, 1.165) is 17.0 Å². The van der Waals surface area contributed by atoms with Crippen LogP contribution in [0.25, 0.3) is 0 Å². The standard InChI is InChI=1S/C15H21ClF3N3O.HI/c1-20-14(21-8-4-10-23-11-15(17,18)19)22-9-7-12-5-2-3-6-13(12)16;/h2-3,5-6H,4,7-11H2,1H3,(H2,20,21,22);1H. The van der Waals surface area contributed by atoms with Crippen molar-refractivity contribution >= 4 is 41.5 Å².